The molecule has 0 spiro atoms. The van der Waals surface area contributed by atoms with Crippen LogP contribution in [0.1, 0.15) is 53.5 Å². The van der Waals surface area contributed by atoms with Crippen molar-refractivity contribution in [3.05, 3.63) is 29.8 Å². The molecule has 5 atom stereocenters. The fourth-order valence-corrected chi connectivity index (χ4v) is 4.82. The molecule has 34 heavy (non-hydrogen) atoms. The van der Waals surface area contributed by atoms with Crippen LogP contribution in [0.25, 0.3) is 0 Å². The smallest absolute Gasteiger partial charge is 0.408 e. The molecule has 1 aromatic rings. The van der Waals surface area contributed by atoms with Crippen LogP contribution in [0.2, 0.25) is 0 Å². The van der Waals surface area contributed by atoms with E-state index >= 15 is 0 Å². The highest BCUT2D eigenvalue weighted by molar-refractivity contribution is 7.99. The third-order valence-corrected chi connectivity index (χ3v) is 6.74. The SMILES string of the molecule is CCCSc1cccc(C[C@H](NC(C)=O)[C@H](O)[C@H]2CO[C@@H](OCC(C)(C)C)[C@H](C)N2C(=O)O)c1. The zero-order valence-corrected chi connectivity index (χ0v) is 21.9. The number of benzene rings is 1. The molecule has 0 aliphatic carbocycles. The van der Waals surface area contributed by atoms with E-state index in [9.17, 15) is 19.8 Å². The van der Waals surface area contributed by atoms with Gasteiger partial charge in [0.25, 0.3) is 0 Å². The summed E-state index contributed by atoms with van der Waals surface area (Å²) >= 11 is 1.75. The van der Waals surface area contributed by atoms with Crippen molar-refractivity contribution in [1.29, 1.82) is 0 Å². The average molecular weight is 497 g/mol. The van der Waals surface area contributed by atoms with Gasteiger partial charge in [-0.2, -0.15) is 0 Å². The van der Waals surface area contributed by atoms with Gasteiger partial charge in [0, 0.05) is 11.8 Å². The number of carboxylic acid groups (broad SMARTS) is 1. The maximum Gasteiger partial charge on any atom is 0.408 e. The maximum atomic E-state index is 12.2. The molecule has 0 bridgehead atoms. The molecule has 8 nitrogen and oxygen atoms in total. The molecular weight excluding hydrogens is 456 g/mol. The van der Waals surface area contributed by atoms with E-state index in [0.29, 0.717) is 13.0 Å². The van der Waals surface area contributed by atoms with Crippen molar-refractivity contribution in [3.8, 4) is 0 Å². The van der Waals surface area contributed by atoms with Crippen LogP contribution >= 0.6 is 11.8 Å². The number of rotatable bonds is 10. The maximum absolute atomic E-state index is 12.2. The van der Waals surface area contributed by atoms with E-state index in [0.717, 1.165) is 22.6 Å². The number of carbonyl (C=O) groups excluding carboxylic acids is 1. The topological polar surface area (TPSA) is 108 Å². The Morgan fingerprint density at radius 1 is 1.35 bits per heavy atom. The van der Waals surface area contributed by atoms with Crippen molar-refractivity contribution in [2.45, 2.75) is 89.8 Å². The quantitative estimate of drug-likeness (QED) is 0.423. The number of carbonyl (C=O) groups is 2. The van der Waals surface area contributed by atoms with Gasteiger partial charge in [-0.15, -0.1) is 11.8 Å². The summed E-state index contributed by atoms with van der Waals surface area (Å²) in [6.45, 7) is 11.7. The summed E-state index contributed by atoms with van der Waals surface area (Å²) in [4.78, 5) is 26.5. The lowest BCUT2D eigenvalue weighted by atomic mass is 9.94. The Morgan fingerprint density at radius 2 is 2.06 bits per heavy atom. The normalized spacial score (nSPS) is 22.8. The Hall–Kier alpha value is -1.81. The molecule has 3 N–H and O–H groups in total. The van der Waals surface area contributed by atoms with Gasteiger partial charge in [-0.3, -0.25) is 9.69 Å². The molecule has 1 saturated heterocycles. The van der Waals surface area contributed by atoms with Gasteiger partial charge < -0.3 is 25.0 Å². The Labute approximate surface area is 207 Å². The first kappa shape index (κ1) is 28.4. The zero-order chi connectivity index (χ0) is 25.5. The van der Waals surface area contributed by atoms with E-state index in [-0.39, 0.29) is 17.9 Å². The van der Waals surface area contributed by atoms with Crippen molar-refractivity contribution >= 4 is 23.8 Å². The summed E-state index contributed by atoms with van der Waals surface area (Å²) in [6.07, 6.45) is -1.64. The van der Waals surface area contributed by atoms with Crippen molar-refractivity contribution < 1.29 is 29.3 Å². The molecule has 2 amide bonds. The van der Waals surface area contributed by atoms with Gasteiger partial charge in [-0.25, -0.2) is 4.79 Å². The summed E-state index contributed by atoms with van der Waals surface area (Å²) in [5.41, 5.74) is 0.852. The summed E-state index contributed by atoms with van der Waals surface area (Å²) in [5, 5.41) is 24.1. The molecule has 1 aliphatic rings. The number of thioether (sulfide) groups is 1. The standard InChI is InChI=1S/C25H40N2O6S/c1-7-11-34-19-10-8-9-18(12-19)13-20(26-17(3)28)22(29)21-14-32-23(33-15-25(4,5)6)16(2)27(21)24(30)31/h8-10,12,16,20-23,29H,7,11,13-15H2,1-6H3,(H,26,28)(H,30,31)/t16-,20-,21+,22-,23-/m0/s1. The molecule has 0 unspecified atom stereocenters. The van der Waals surface area contributed by atoms with E-state index in [1.54, 1.807) is 18.7 Å². The Kier molecular flexibility index (Phi) is 10.7. The minimum absolute atomic E-state index is 0.0326. The lowest BCUT2D eigenvalue weighted by molar-refractivity contribution is -0.231. The molecule has 2 rings (SSSR count). The highest BCUT2D eigenvalue weighted by Crippen LogP contribution is 2.27. The van der Waals surface area contributed by atoms with Crippen LogP contribution in [-0.4, -0.2) is 76.6 Å². The van der Waals surface area contributed by atoms with Crippen LogP contribution < -0.4 is 5.32 Å². The van der Waals surface area contributed by atoms with Crippen LogP contribution in [0.15, 0.2) is 29.2 Å². The summed E-state index contributed by atoms with van der Waals surface area (Å²) in [7, 11) is 0. The second-order valence-corrected chi connectivity index (χ2v) is 11.2. The highest BCUT2D eigenvalue weighted by atomic mass is 32.2. The summed E-state index contributed by atoms with van der Waals surface area (Å²) in [6, 6.07) is 5.83. The van der Waals surface area contributed by atoms with E-state index in [1.807, 2.05) is 45.0 Å². The van der Waals surface area contributed by atoms with Gasteiger partial charge in [0.2, 0.25) is 5.91 Å². The van der Waals surface area contributed by atoms with Crippen LogP contribution in [0.5, 0.6) is 0 Å². The van der Waals surface area contributed by atoms with E-state index in [4.69, 9.17) is 9.47 Å². The molecule has 1 heterocycles. The number of morpholine rings is 1. The number of hydrogen-bond donors (Lipinski definition) is 3. The number of hydrogen-bond acceptors (Lipinski definition) is 6. The van der Waals surface area contributed by atoms with Crippen molar-refractivity contribution in [1.82, 2.24) is 10.2 Å². The number of aliphatic hydroxyl groups is 1. The lowest BCUT2D eigenvalue weighted by Crippen LogP contribution is -2.65. The number of nitrogens with zero attached hydrogens (tertiary/aromatic N) is 1. The van der Waals surface area contributed by atoms with E-state index in [2.05, 4.69) is 12.2 Å². The van der Waals surface area contributed by atoms with Crippen LogP contribution in [0.4, 0.5) is 4.79 Å². The average Bonchev–Trinajstić information content (AvgIpc) is 2.74. The number of aliphatic hydroxyl groups excluding tert-OH is 1. The minimum Gasteiger partial charge on any atom is -0.465 e. The molecule has 9 heteroatoms. The van der Waals surface area contributed by atoms with Crippen molar-refractivity contribution in [3.63, 3.8) is 0 Å². The van der Waals surface area contributed by atoms with E-state index in [1.165, 1.54) is 11.8 Å². The fraction of sp³-hybridized carbons (Fsp3) is 0.680. The molecule has 0 aromatic heterocycles. The Morgan fingerprint density at radius 3 is 2.65 bits per heavy atom. The van der Waals surface area contributed by atoms with E-state index < -0.39 is 36.6 Å². The van der Waals surface area contributed by atoms with Gasteiger partial charge in [0.05, 0.1) is 37.4 Å². The zero-order valence-electron chi connectivity index (χ0n) is 21.1. The molecule has 0 radical (unpaired) electrons. The van der Waals surface area contributed by atoms with Crippen molar-refractivity contribution in [2.75, 3.05) is 19.0 Å². The first-order chi connectivity index (χ1) is 15.9. The van der Waals surface area contributed by atoms with Gasteiger partial charge in [0.15, 0.2) is 6.29 Å². The second kappa shape index (κ2) is 12.8. The predicted octanol–water partition coefficient (Wildman–Crippen LogP) is 3.75. The van der Waals surface area contributed by atoms with Crippen LogP contribution in [0.3, 0.4) is 0 Å². The third kappa shape index (κ3) is 8.45. The van der Waals surface area contributed by atoms with Crippen molar-refractivity contribution in [2.24, 2.45) is 5.41 Å². The first-order valence-corrected chi connectivity index (χ1v) is 12.8. The number of nitrogens with one attached hydrogen (secondary N) is 1. The second-order valence-electron chi connectivity index (χ2n) is 10.1. The summed E-state index contributed by atoms with van der Waals surface area (Å²) < 4.78 is 11.7. The monoisotopic (exact) mass is 496 g/mol. The molecule has 192 valence electrons. The Balaban J connectivity index is 2.20. The van der Waals surface area contributed by atoms with Crippen LogP contribution in [-0.2, 0) is 20.7 Å². The third-order valence-electron chi connectivity index (χ3n) is 5.54. The van der Waals surface area contributed by atoms with Crippen LogP contribution in [0, 0.1) is 5.41 Å². The Bertz CT molecular complexity index is 815. The number of ether oxygens (including phenoxy) is 2. The highest BCUT2D eigenvalue weighted by Gasteiger charge is 2.44. The minimum atomic E-state index is -1.17. The molecule has 1 aromatic carbocycles. The fourth-order valence-electron chi connectivity index (χ4n) is 3.97. The predicted molar refractivity (Wildman–Crippen MR) is 133 cm³/mol. The molecular formula is C25H40N2O6S. The van der Waals surface area contributed by atoms with Gasteiger partial charge in [-0.05, 0) is 48.6 Å². The van der Waals surface area contributed by atoms with Gasteiger partial charge >= 0.3 is 6.09 Å². The summed E-state index contributed by atoms with van der Waals surface area (Å²) in [5.74, 6) is 0.712. The largest absolute Gasteiger partial charge is 0.465 e. The molecule has 1 aliphatic heterocycles. The van der Waals surface area contributed by atoms with Gasteiger partial charge in [0.1, 0.15) is 0 Å². The number of amides is 2. The molecule has 1 fully saturated rings. The first-order valence-electron chi connectivity index (χ1n) is 11.8. The molecule has 0 saturated carbocycles. The lowest BCUT2D eigenvalue weighted by Gasteiger charge is -2.46. The van der Waals surface area contributed by atoms with Gasteiger partial charge in [-0.1, -0.05) is 39.8 Å².